The number of anilines is 1. The molecule has 1 aromatic rings. The molecule has 82 valence electrons. The molecule has 0 radical (unpaired) electrons. The van der Waals surface area contributed by atoms with Crippen LogP contribution in [0.4, 0.5) is 5.69 Å². The number of halogens is 1. The van der Waals surface area contributed by atoms with Crippen LogP contribution in [-0.4, -0.2) is 21.2 Å². The summed E-state index contributed by atoms with van der Waals surface area (Å²) in [4.78, 5) is 0. The van der Waals surface area contributed by atoms with E-state index in [0.29, 0.717) is 6.54 Å². The van der Waals surface area contributed by atoms with Crippen LogP contribution in [0.25, 0.3) is 0 Å². The molecule has 0 amide bonds. The fraction of sp³-hybridized carbons (Fsp3) is 0.400. The van der Waals surface area contributed by atoms with Gasteiger partial charge in [0, 0.05) is 11.0 Å². The average Bonchev–Trinajstić information content (AvgIpc) is 2.55. The van der Waals surface area contributed by atoms with Crippen molar-refractivity contribution in [2.75, 3.05) is 17.1 Å². The van der Waals surface area contributed by atoms with E-state index in [2.05, 4.69) is 15.9 Å². The lowest BCUT2D eigenvalue weighted by Gasteiger charge is -2.18. The average molecular weight is 290 g/mol. The number of hydrogen-bond acceptors (Lipinski definition) is 2. The van der Waals surface area contributed by atoms with Crippen LogP contribution in [0.1, 0.15) is 11.1 Å². The second kappa shape index (κ2) is 3.49. The molecule has 1 heterocycles. The molecule has 0 saturated heterocycles. The molecule has 0 N–H and O–H groups in total. The van der Waals surface area contributed by atoms with E-state index in [0.717, 1.165) is 27.7 Å². The second-order valence-electron chi connectivity index (χ2n) is 3.78. The van der Waals surface area contributed by atoms with E-state index in [4.69, 9.17) is 0 Å². The van der Waals surface area contributed by atoms with Gasteiger partial charge in [0.05, 0.1) is 11.9 Å². The SMILES string of the molecule is Cc1ccc(Br)c2c1N(S(C)(=O)=O)CC2. The van der Waals surface area contributed by atoms with Crippen molar-refractivity contribution in [3.63, 3.8) is 0 Å². The number of hydrogen-bond donors (Lipinski definition) is 0. The fourth-order valence-corrected chi connectivity index (χ4v) is 3.50. The molecule has 0 bridgehead atoms. The molecule has 0 atom stereocenters. The van der Waals surface area contributed by atoms with Gasteiger partial charge < -0.3 is 0 Å². The van der Waals surface area contributed by atoms with E-state index in [1.165, 1.54) is 10.6 Å². The molecule has 15 heavy (non-hydrogen) atoms. The Bertz CT molecular complexity index is 510. The Kier molecular flexibility index (Phi) is 2.55. The molecule has 0 saturated carbocycles. The summed E-state index contributed by atoms with van der Waals surface area (Å²) in [6.45, 7) is 2.49. The first-order chi connectivity index (χ1) is 6.91. The molecule has 3 nitrogen and oxygen atoms in total. The summed E-state index contributed by atoms with van der Waals surface area (Å²) in [5, 5.41) is 0. The molecule has 0 aliphatic carbocycles. The van der Waals surface area contributed by atoms with Crippen LogP contribution in [0.5, 0.6) is 0 Å². The predicted octanol–water partition coefficient (Wildman–Crippen LogP) is 2.08. The maximum atomic E-state index is 11.6. The highest BCUT2D eigenvalue weighted by Gasteiger charge is 2.28. The third kappa shape index (κ3) is 1.78. The Morgan fingerprint density at radius 3 is 2.67 bits per heavy atom. The topological polar surface area (TPSA) is 37.4 Å². The van der Waals surface area contributed by atoms with Gasteiger partial charge >= 0.3 is 0 Å². The van der Waals surface area contributed by atoms with Crippen molar-refractivity contribution < 1.29 is 8.42 Å². The Morgan fingerprint density at radius 1 is 1.40 bits per heavy atom. The van der Waals surface area contributed by atoms with Crippen LogP contribution >= 0.6 is 15.9 Å². The zero-order chi connectivity index (χ0) is 11.2. The zero-order valence-corrected chi connectivity index (χ0v) is 11.0. The van der Waals surface area contributed by atoms with Crippen LogP contribution < -0.4 is 4.31 Å². The van der Waals surface area contributed by atoms with E-state index < -0.39 is 10.0 Å². The molecule has 2 rings (SSSR count). The van der Waals surface area contributed by atoms with Crippen molar-refractivity contribution >= 4 is 31.6 Å². The summed E-state index contributed by atoms with van der Waals surface area (Å²) in [7, 11) is -3.14. The van der Waals surface area contributed by atoms with Gasteiger partial charge in [0.2, 0.25) is 10.0 Å². The second-order valence-corrected chi connectivity index (χ2v) is 6.54. The molecular weight excluding hydrogens is 278 g/mol. The lowest BCUT2D eigenvalue weighted by Crippen LogP contribution is -2.28. The van der Waals surface area contributed by atoms with Gasteiger partial charge in [-0.25, -0.2) is 8.42 Å². The Labute approximate surface area is 98.3 Å². The summed E-state index contributed by atoms with van der Waals surface area (Å²) < 4.78 is 25.6. The number of nitrogens with zero attached hydrogens (tertiary/aromatic N) is 1. The van der Waals surface area contributed by atoms with Crippen LogP contribution in [0, 0.1) is 6.92 Å². The van der Waals surface area contributed by atoms with Gasteiger partial charge in [-0.05, 0) is 30.5 Å². The lowest BCUT2D eigenvalue weighted by molar-refractivity contribution is 0.598. The van der Waals surface area contributed by atoms with Crippen LogP contribution in [0.3, 0.4) is 0 Å². The largest absolute Gasteiger partial charge is 0.270 e. The molecule has 1 aliphatic heterocycles. The summed E-state index contributed by atoms with van der Waals surface area (Å²) in [5.74, 6) is 0. The van der Waals surface area contributed by atoms with Crippen molar-refractivity contribution in [1.82, 2.24) is 0 Å². The first kappa shape index (κ1) is 11.0. The summed E-state index contributed by atoms with van der Waals surface area (Å²) in [6.07, 6.45) is 2.03. The number of sulfonamides is 1. The van der Waals surface area contributed by atoms with E-state index in [1.54, 1.807) is 0 Å². The van der Waals surface area contributed by atoms with Gasteiger partial charge in [0.25, 0.3) is 0 Å². The Balaban J connectivity index is 2.65. The van der Waals surface area contributed by atoms with E-state index in [1.807, 2.05) is 19.1 Å². The van der Waals surface area contributed by atoms with Crippen LogP contribution in [0.15, 0.2) is 16.6 Å². The molecule has 0 unspecified atom stereocenters. The molecule has 0 spiro atoms. The smallest absolute Gasteiger partial charge is 0.232 e. The van der Waals surface area contributed by atoms with Gasteiger partial charge in [-0.3, -0.25) is 4.31 Å². The standard InChI is InChI=1S/C10H12BrNO2S/c1-7-3-4-9(11)8-5-6-12(10(7)8)15(2,13)14/h3-4H,5-6H2,1-2H3. The molecule has 1 aromatic carbocycles. The van der Waals surface area contributed by atoms with Crippen molar-refractivity contribution in [2.45, 2.75) is 13.3 Å². The quantitative estimate of drug-likeness (QED) is 0.794. The third-order valence-corrected chi connectivity index (χ3v) is 4.55. The molecule has 0 aromatic heterocycles. The highest BCUT2D eigenvalue weighted by atomic mass is 79.9. The van der Waals surface area contributed by atoms with Crippen LogP contribution in [-0.2, 0) is 16.4 Å². The van der Waals surface area contributed by atoms with E-state index in [-0.39, 0.29) is 0 Å². The molecular formula is C10H12BrNO2S. The van der Waals surface area contributed by atoms with Gasteiger partial charge in [-0.1, -0.05) is 22.0 Å². The van der Waals surface area contributed by atoms with Crippen molar-refractivity contribution in [3.05, 3.63) is 27.7 Å². The summed E-state index contributed by atoms with van der Waals surface area (Å²) in [5.41, 5.74) is 2.96. The normalized spacial score (nSPS) is 15.5. The minimum Gasteiger partial charge on any atom is -0.270 e. The van der Waals surface area contributed by atoms with Gasteiger partial charge in [-0.15, -0.1) is 0 Å². The number of benzene rings is 1. The number of rotatable bonds is 1. The maximum Gasteiger partial charge on any atom is 0.232 e. The van der Waals surface area contributed by atoms with Crippen molar-refractivity contribution in [3.8, 4) is 0 Å². The monoisotopic (exact) mass is 289 g/mol. The minimum atomic E-state index is -3.14. The Hall–Kier alpha value is -0.550. The molecule has 5 heteroatoms. The van der Waals surface area contributed by atoms with Gasteiger partial charge in [-0.2, -0.15) is 0 Å². The maximum absolute atomic E-state index is 11.6. The number of aryl methyl sites for hydroxylation is 1. The predicted molar refractivity (Wildman–Crippen MR) is 64.8 cm³/mol. The molecule has 0 fully saturated rings. The fourth-order valence-electron chi connectivity index (χ4n) is 1.97. The minimum absolute atomic E-state index is 0.553. The summed E-state index contributed by atoms with van der Waals surface area (Å²) >= 11 is 3.45. The zero-order valence-electron chi connectivity index (χ0n) is 8.62. The van der Waals surface area contributed by atoms with Crippen molar-refractivity contribution in [1.29, 1.82) is 0 Å². The molecule has 1 aliphatic rings. The van der Waals surface area contributed by atoms with Crippen LogP contribution in [0.2, 0.25) is 0 Å². The van der Waals surface area contributed by atoms with Crippen molar-refractivity contribution in [2.24, 2.45) is 0 Å². The van der Waals surface area contributed by atoms with Gasteiger partial charge in [0.15, 0.2) is 0 Å². The van der Waals surface area contributed by atoms with E-state index >= 15 is 0 Å². The first-order valence-electron chi connectivity index (χ1n) is 4.67. The number of fused-ring (bicyclic) bond motifs is 1. The van der Waals surface area contributed by atoms with E-state index in [9.17, 15) is 8.42 Å². The Morgan fingerprint density at radius 2 is 2.07 bits per heavy atom. The summed E-state index contributed by atoms with van der Waals surface area (Å²) in [6, 6.07) is 3.91. The first-order valence-corrected chi connectivity index (χ1v) is 7.31. The highest BCUT2D eigenvalue weighted by Crippen LogP contribution is 2.37. The third-order valence-electron chi connectivity index (χ3n) is 2.64. The van der Waals surface area contributed by atoms with Gasteiger partial charge in [0.1, 0.15) is 0 Å². The highest BCUT2D eigenvalue weighted by molar-refractivity contribution is 9.10. The lowest BCUT2D eigenvalue weighted by atomic mass is 10.1.